The van der Waals surface area contributed by atoms with Gasteiger partial charge in [-0.25, -0.2) is 4.98 Å². The summed E-state index contributed by atoms with van der Waals surface area (Å²) in [4.78, 5) is 4.50. The van der Waals surface area contributed by atoms with Crippen LogP contribution in [0.3, 0.4) is 0 Å². The second-order valence-corrected chi connectivity index (χ2v) is 4.61. The molecule has 0 aliphatic rings. The number of rotatable bonds is 1. The van der Waals surface area contributed by atoms with Gasteiger partial charge in [-0.2, -0.15) is 0 Å². The second-order valence-electron chi connectivity index (χ2n) is 3.80. The van der Waals surface area contributed by atoms with Gasteiger partial charge in [0.2, 0.25) is 0 Å². The molecule has 0 unspecified atom stereocenters. The van der Waals surface area contributed by atoms with E-state index in [9.17, 15) is 0 Å². The zero-order chi connectivity index (χ0) is 10.3. The van der Waals surface area contributed by atoms with Crippen LogP contribution >= 0.6 is 15.9 Å². The third-order valence-corrected chi connectivity index (χ3v) is 2.80. The number of halogens is 1. The average molecular weight is 253 g/mol. The van der Waals surface area contributed by atoms with Gasteiger partial charge < -0.3 is 4.57 Å². The van der Waals surface area contributed by atoms with E-state index in [1.54, 1.807) is 0 Å². The summed E-state index contributed by atoms with van der Waals surface area (Å²) >= 11 is 3.40. The van der Waals surface area contributed by atoms with E-state index in [1.165, 1.54) is 11.1 Å². The highest BCUT2D eigenvalue weighted by Gasteiger charge is 2.09. The van der Waals surface area contributed by atoms with Crippen molar-refractivity contribution < 1.29 is 0 Å². The summed E-state index contributed by atoms with van der Waals surface area (Å²) in [6, 6.07) is 6.70. The van der Waals surface area contributed by atoms with Crippen molar-refractivity contribution in [3.8, 4) is 0 Å². The van der Waals surface area contributed by atoms with Gasteiger partial charge in [-0.15, -0.1) is 0 Å². The van der Waals surface area contributed by atoms with Crippen LogP contribution in [0.5, 0.6) is 0 Å². The van der Waals surface area contributed by atoms with E-state index >= 15 is 0 Å². The largest absolute Gasteiger partial charge is 0.327 e. The number of aryl methyl sites for hydroxylation is 1. The van der Waals surface area contributed by atoms with E-state index in [-0.39, 0.29) is 0 Å². The molecule has 0 aliphatic carbocycles. The maximum absolute atomic E-state index is 4.50. The Kier molecular flexibility index (Phi) is 2.35. The standard InChI is InChI=1S/C11H13BrN2/c1-7(2)14-8(3)6-9-4-5-10(12)13-11(9)14/h4-7H,1-3H3. The van der Waals surface area contributed by atoms with Gasteiger partial charge in [0.25, 0.3) is 0 Å². The summed E-state index contributed by atoms with van der Waals surface area (Å²) in [5.41, 5.74) is 2.33. The molecular formula is C11H13BrN2. The van der Waals surface area contributed by atoms with E-state index < -0.39 is 0 Å². The number of pyridine rings is 1. The van der Waals surface area contributed by atoms with Crippen LogP contribution in [0.2, 0.25) is 0 Å². The first-order chi connectivity index (χ1) is 6.59. The topological polar surface area (TPSA) is 17.8 Å². The molecule has 14 heavy (non-hydrogen) atoms. The second kappa shape index (κ2) is 3.39. The van der Waals surface area contributed by atoms with Crippen LogP contribution < -0.4 is 0 Å². The molecule has 3 heteroatoms. The van der Waals surface area contributed by atoms with Crippen LogP contribution in [0.25, 0.3) is 11.0 Å². The predicted molar refractivity (Wildman–Crippen MR) is 62.6 cm³/mol. The Bertz CT molecular complexity index is 471. The SMILES string of the molecule is Cc1cc2ccc(Br)nc2n1C(C)C. The van der Waals surface area contributed by atoms with E-state index in [0.29, 0.717) is 6.04 Å². The molecule has 2 aromatic heterocycles. The lowest BCUT2D eigenvalue weighted by Crippen LogP contribution is -2.03. The fourth-order valence-corrected chi connectivity index (χ4v) is 2.16. The molecule has 0 bridgehead atoms. The summed E-state index contributed by atoms with van der Waals surface area (Å²) < 4.78 is 3.14. The molecule has 0 aliphatic heterocycles. The Morgan fingerprint density at radius 1 is 1.36 bits per heavy atom. The summed E-state index contributed by atoms with van der Waals surface area (Å²) in [5.74, 6) is 0. The van der Waals surface area contributed by atoms with Gasteiger partial charge in [-0.05, 0) is 54.9 Å². The lowest BCUT2D eigenvalue weighted by molar-refractivity contribution is 0.603. The van der Waals surface area contributed by atoms with Gasteiger partial charge in [-0.3, -0.25) is 0 Å². The fraction of sp³-hybridized carbons (Fsp3) is 0.364. The third kappa shape index (κ3) is 1.46. The minimum absolute atomic E-state index is 0.453. The maximum atomic E-state index is 4.50. The summed E-state index contributed by atoms with van der Waals surface area (Å²) in [6.45, 7) is 6.47. The Balaban J connectivity index is 2.79. The lowest BCUT2D eigenvalue weighted by Gasteiger charge is -2.11. The molecule has 0 fully saturated rings. The maximum Gasteiger partial charge on any atom is 0.141 e. The van der Waals surface area contributed by atoms with Gasteiger partial charge in [0, 0.05) is 17.1 Å². The first kappa shape index (κ1) is 9.71. The molecule has 0 aromatic carbocycles. The smallest absolute Gasteiger partial charge is 0.141 e. The van der Waals surface area contributed by atoms with Gasteiger partial charge in [0.05, 0.1) is 0 Å². The van der Waals surface area contributed by atoms with E-state index in [2.05, 4.69) is 58.4 Å². The molecule has 0 atom stereocenters. The Morgan fingerprint density at radius 2 is 2.07 bits per heavy atom. The zero-order valence-electron chi connectivity index (χ0n) is 8.58. The van der Waals surface area contributed by atoms with Gasteiger partial charge in [0.15, 0.2) is 0 Å². The Hall–Kier alpha value is -0.830. The van der Waals surface area contributed by atoms with Crippen molar-refractivity contribution in [2.45, 2.75) is 26.8 Å². The normalized spacial score (nSPS) is 11.5. The van der Waals surface area contributed by atoms with Crippen LogP contribution in [-0.2, 0) is 0 Å². The van der Waals surface area contributed by atoms with Crippen LogP contribution in [-0.4, -0.2) is 9.55 Å². The highest BCUT2D eigenvalue weighted by Crippen LogP contribution is 2.23. The van der Waals surface area contributed by atoms with Crippen LogP contribution in [0, 0.1) is 6.92 Å². The first-order valence-corrected chi connectivity index (χ1v) is 5.53. The summed E-state index contributed by atoms with van der Waals surface area (Å²) in [6.07, 6.45) is 0. The van der Waals surface area contributed by atoms with Crippen molar-refractivity contribution in [1.82, 2.24) is 9.55 Å². The number of nitrogens with zero attached hydrogens (tertiary/aromatic N) is 2. The fourth-order valence-electron chi connectivity index (χ4n) is 1.86. The predicted octanol–water partition coefficient (Wildman–Crippen LogP) is 3.69. The van der Waals surface area contributed by atoms with E-state index in [0.717, 1.165) is 10.3 Å². The van der Waals surface area contributed by atoms with Gasteiger partial charge in [0.1, 0.15) is 10.3 Å². The molecule has 0 N–H and O–H groups in total. The highest BCUT2D eigenvalue weighted by atomic mass is 79.9. The van der Waals surface area contributed by atoms with E-state index in [1.807, 2.05) is 6.07 Å². The summed E-state index contributed by atoms with van der Waals surface area (Å²) in [7, 11) is 0. The molecule has 0 saturated carbocycles. The van der Waals surface area contributed by atoms with Crippen LogP contribution in [0.15, 0.2) is 22.8 Å². The zero-order valence-corrected chi connectivity index (χ0v) is 10.2. The quantitative estimate of drug-likeness (QED) is 0.709. The molecule has 2 nitrogen and oxygen atoms in total. The minimum atomic E-state index is 0.453. The highest BCUT2D eigenvalue weighted by molar-refractivity contribution is 9.10. The number of fused-ring (bicyclic) bond motifs is 1. The minimum Gasteiger partial charge on any atom is -0.327 e. The molecule has 0 saturated heterocycles. The van der Waals surface area contributed by atoms with Crippen molar-refractivity contribution in [3.63, 3.8) is 0 Å². The Labute approximate surface area is 92.1 Å². The number of hydrogen-bond acceptors (Lipinski definition) is 1. The van der Waals surface area contributed by atoms with E-state index in [4.69, 9.17) is 0 Å². The van der Waals surface area contributed by atoms with Crippen molar-refractivity contribution in [3.05, 3.63) is 28.5 Å². The average Bonchev–Trinajstić information content (AvgIpc) is 2.40. The van der Waals surface area contributed by atoms with Crippen molar-refractivity contribution in [1.29, 1.82) is 0 Å². The first-order valence-electron chi connectivity index (χ1n) is 4.73. The molecule has 0 amide bonds. The van der Waals surface area contributed by atoms with Crippen molar-refractivity contribution in [2.75, 3.05) is 0 Å². The molecule has 2 aromatic rings. The van der Waals surface area contributed by atoms with Gasteiger partial charge >= 0.3 is 0 Å². The van der Waals surface area contributed by atoms with Crippen molar-refractivity contribution in [2.24, 2.45) is 0 Å². The molecule has 0 spiro atoms. The molecule has 2 rings (SSSR count). The monoisotopic (exact) mass is 252 g/mol. The Morgan fingerprint density at radius 3 is 2.71 bits per heavy atom. The summed E-state index contributed by atoms with van der Waals surface area (Å²) in [5, 5.41) is 1.21. The molecule has 2 heterocycles. The van der Waals surface area contributed by atoms with Crippen molar-refractivity contribution >= 4 is 27.0 Å². The molecular weight excluding hydrogens is 240 g/mol. The molecule has 74 valence electrons. The molecule has 0 radical (unpaired) electrons. The number of aromatic nitrogens is 2. The third-order valence-electron chi connectivity index (χ3n) is 2.36. The van der Waals surface area contributed by atoms with Crippen LogP contribution in [0.4, 0.5) is 0 Å². The van der Waals surface area contributed by atoms with Crippen LogP contribution in [0.1, 0.15) is 25.6 Å². The van der Waals surface area contributed by atoms with Gasteiger partial charge in [-0.1, -0.05) is 0 Å². The number of hydrogen-bond donors (Lipinski definition) is 0. The lowest BCUT2D eigenvalue weighted by atomic mass is 10.3.